The van der Waals surface area contributed by atoms with Gasteiger partial charge in [-0.2, -0.15) is 0 Å². The lowest BCUT2D eigenvalue weighted by molar-refractivity contribution is -0.385. The second-order valence-electron chi connectivity index (χ2n) is 4.46. The van der Waals surface area contributed by atoms with Crippen molar-refractivity contribution >= 4 is 27.4 Å². The van der Waals surface area contributed by atoms with E-state index in [1.54, 1.807) is 6.92 Å². The van der Waals surface area contributed by atoms with Crippen molar-refractivity contribution in [3.8, 4) is 0 Å². The van der Waals surface area contributed by atoms with E-state index < -0.39 is 4.92 Å². The Bertz CT molecular complexity index is 480. The summed E-state index contributed by atoms with van der Waals surface area (Å²) in [6, 6.07) is 0.392. The number of hydrogen-bond acceptors (Lipinski definition) is 5. The number of piperazine rings is 1. The Labute approximate surface area is 114 Å². The van der Waals surface area contributed by atoms with Gasteiger partial charge in [0.1, 0.15) is 12.0 Å². The van der Waals surface area contributed by atoms with E-state index in [1.165, 1.54) is 6.20 Å². The highest BCUT2D eigenvalue weighted by atomic mass is 79.9. The molecule has 1 N–H and O–H groups in total. The molecule has 18 heavy (non-hydrogen) atoms. The summed E-state index contributed by atoms with van der Waals surface area (Å²) < 4.78 is 0.714. The van der Waals surface area contributed by atoms with E-state index in [9.17, 15) is 10.1 Å². The maximum Gasteiger partial charge on any atom is 0.291 e. The van der Waals surface area contributed by atoms with Crippen molar-refractivity contribution in [3.05, 3.63) is 26.3 Å². The molecular formula is C11H15BrN4O2. The van der Waals surface area contributed by atoms with Crippen molar-refractivity contribution in [1.29, 1.82) is 0 Å². The highest BCUT2D eigenvalue weighted by Gasteiger charge is 2.23. The zero-order valence-corrected chi connectivity index (χ0v) is 11.9. The number of halogens is 1. The molecule has 98 valence electrons. The lowest BCUT2D eigenvalue weighted by Gasteiger charge is -2.33. The molecule has 2 rings (SSSR count). The Kier molecular flexibility index (Phi) is 3.82. The fourth-order valence-electron chi connectivity index (χ4n) is 2.09. The van der Waals surface area contributed by atoms with Gasteiger partial charge in [0.2, 0.25) is 0 Å². The smallest absolute Gasteiger partial charge is 0.291 e. The van der Waals surface area contributed by atoms with Crippen LogP contribution in [0, 0.1) is 17.0 Å². The van der Waals surface area contributed by atoms with Crippen LogP contribution >= 0.6 is 15.9 Å². The van der Waals surface area contributed by atoms with Crippen molar-refractivity contribution in [2.45, 2.75) is 19.9 Å². The maximum atomic E-state index is 10.8. The third-order valence-electron chi connectivity index (χ3n) is 3.08. The fraction of sp³-hybridized carbons (Fsp3) is 0.545. The molecule has 1 aliphatic heterocycles. The number of anilines is 1. The van der Waals surface area contributed by atoms with Gasteiger partial charge in [0.15, 0.2) is 0 Å². The summed E-state index contributed by atoms with van der Waals surface area (Å²) in [4.78, 5) is 16.8. The minimum Gasteiger partial charge on any atom is -0.353 e. The monoisotopic (exact) mass is 314 g/mol. The van der Waals surface area contributed by atoms with E-state index in [4.69, 9.17) is 0 Å². The summed E-state index contributed by atoms with van der Waals surface area (Å²) in [6.45, 7) is 6.44. The van der Waals surface area contributed by atoms with E-state index in [0.717, 1.165) is 25.5 Å². The molecule has 1 fully saturated rings. The van der Waals surface area contributed by atoms with Gasteiger partial charge in [0.05, 0.1) is 9.40 Å². The van der Waals surface area contributed by atoms with Crippen LogP contribution in [0.2, 0.25) is 0 Å². The Morgan fingerprint density at radius 2 is 2.39 bits per heavy atom. The zero-order valence-electron chi connectivity index (χ0n) is 10.3. The molecule has 0 aromatic carbocycles. The Hall–Kier alpha value is -1.21. The van der Waals surface area contributed by atoms with Gasteiger partial charge >= 0.3 is 0 Å². The average Bonchev–Trinajstić information content (AvgIpc) is 2.32. The predicted octanol–water partition coefficient (Wildman–Crippen LogP) is 1.86. The number of nitrogens with zero attached hydrogens (tertiary/aromatic N) is 3. The molecule has 7 heteroatoms. The fourth-order valence-corrected chi connectivity index (χ4v) is 2.64. The molecule has 0 spiro atoms. The van der Waals surface area contributed by atoms with Gasteiger partial charge in [-0.15, -0.1) is 0 Å². The van der Waals surface area contributed by atoms with Gasteiger partial charge in [0, 0.05) is 31.2 Å². The van der Waals surface area contributed by atoms with E-state index in [-0.39, 0.29) is 5.69 Å². The summed E-state index contributed by atoms with van der Waals surface area (Å²) in [5, 5.41) is 14.2. The number of aromatic nitrogens is 1. The minimum atomic E-state index is -0.405. The molecule has 0 saturated carbocycles. The topological polar surface area (TPSA) is 71.3 Å². The molecule has 1 aromatic heterocycles. The predicted molar refractivity (Wildman–Crippen MR) is 73.0 cm³/mol. The zero-order chi connectivity index (χ0) is 13.3. The summed E-state index contributed by atoms with van der Waals surface area (Å²) in [6.07, 6.45) is 1.34. The van der Waals surface area contributed by atoms with Crippen molar-refractivity contribution < 1.29 is 4.92 Å². The van der Waals surface area contributed by atoms with Crippen molar-refractivity contribution in [2.75, 3.05) is 24.5 Å². The average molecular weight is 315 g/mol. The summed E-state index contributed by atoms with van der Waals surface area (Å²) in [5.74, 6) is 0.784. The molecule has 1 aliphatic rings. The molecule has 6 nitrogen and oxygen atoms in total. The first-order valence-corrected chi connectivity index (χ1v) is 6.58. The minimum absolute atomic E-state index is 0.0498. The maximum absolute atomic E-state index is 10.8. The molecule has 0 bridgehead atoms. The highest BCUT2D eigenvalue weighted by Crippen LogP contribution is 2.32. The van der Waals surface area contributed by atoms with Crippen molar-refractivity contribution in [1.82, 2.24) is 10.3 Å². The molecule has 1 aromatic rings. The van der Waals surface area contributed by atoms with Crippen LogP contribution in [0.5, 0.6) is 0 Å². The van der Waals surface area contributed by atoms with Crippen LogP contribution in [0.3, 0.4) is 0 Å². The quantitative estimate of drug-likeness (QED) is 0.666. The lowest BCUT2D eigenvalue weighted by Crippen LogP contribution is -2.49. The van der Waals surface area contributed by atoms with Gasteiger partial charge in [-0.25, -0.2) is 4.98 Å². The normalized spacial score (nSPS) is 19.9. The van der Waals surface area contributed by atoms with Gasteiger partial charge < -0.3 is 10.2 Å². The van der Waals surface area contributed by atoms with Crippen LogP contribution in [0.1, 0.15) is 12.5 Å². The van der Waals surface area contributed by atoms with Crippen LogP contribution in [0.4, 0.5) is 11.5 Å². The molecule has 1 saturated heterocycles. The first-order chi connectivity index (χ1) is 8.50. The highest BCUT2D eigenvalue weighted by molar-refractivity contribution is 9.10. The third-order valence-corrected chi connectivity index (χ3v) is 4.03. The summed E-state index contributed by atoms with van der Waals surface area (Å²) >= 11 is 3.43. The largest absolute Gasteiger partial charge is 0.353 e. The SMILES string of the molecule is Cc1c([N+](=O)[O-])cnc(N2CCN[C@@H](C)C2)c1Br. The van der Waals surface area contributed by atoms with Crippen LogP contribution in [0.15, 0.2) is 10.7 Å². The van der Waals surface area contributed by atoms with Crippen LogP contribution in [0.25, 0.3) is 0 Å². The second kappa shape index (κ2) is 5.19. The Morgan fingerprint density at radius 3 is 3.00 bits per heavy atom. The summed E-state index contributed by atoms with van der Waals surface area (Å²) in [5.41, 5.74) is 0.671. The van der Waals surface area contributed by atoms with Crippen LogP contribution in [-0.4, -0.2) is 35.6 Å². The number of rotatable bonds is 2. The number of nitro groups is 1. The Morgan fingerprint density at radius 1 is 1.67 bits per heavy atom. The molecule has 2 heterocycles. The van der Waals surface area contributed by atoms with Crippen LogP contribution in [-0.2, 0) is 0 Å². The molecule has 1 atom stereocenters. The van der Waals surface area contributed by atoms with Gasteiger partial charge in [-0.1, -0.05) is 0 Å². The number of hydrogen-bond donors (Lipinski definition) is 1. The lowest BCUT2D eigenvalue weighted by atomic mass is 10.2. The van der Waals surface area contributed by atoms with Crippen LogP contribution < -0.4 is 10.2 Å². The standard InChI is InChI=1S/C11H15BrN4O2/c1-7-6-15(4-3-13-7)11-10(12)8(2)9(5-14-11)16(17)18/h5,7,13H,3-4,6H2,1-2H3/t7-/m0/s1. The second-order valence-corrected chi connectivity index (χ2v) is 5.26. The molecule has 0 unspecified atom stereocenters. The number of nitrogens with one attached hydrogen (secondary N) is 1. The number of pyridine rings is 1. The first-order valence-electron chi connectivity index (χ1n) is 5.78. The summed E-state index contributed by atoms with van der Waals surface area (Å²) in [7, 11) is 0. The molecule has 0 amide bonds. The molecule has 0 radical (unpaired) electrons. The van der Waals surface area contributed by atoms with E-state index in [1.807, 2.05) is 0 Å². The molecule has 0 aliphatic carbocycles. The van der Waals surface area contributed by atoms with E-state index >= 15 is 0 Å². The third kappa shape index (κ3) is 2.46. The Balaban J connectivity index is 2.34. The van der Waals surface area contributed by atoms with Crippen molar-refractivity contribution in [2.24, 2.45) is 0 Å². The molecular weight excluding hydrogens is 300 g/mol. The van der Waals surface area contributed by atoms with E-state index in [0.29, 0.717) is 16.1 Å². The first kappa shape index (κ1) is 13.2. The van der Waals surface area contributed by atoms with Crippen molar-refractivity contribution in [3.63, 3.8) is 0 Å². The van der Waals surface area contributed by atoms with E-state index in [2.05, 4.69) is 38.1 Å². The van der Waals surface area contributed by atoms with Gasteiger partial charge in [-0.05, 0) is 29.8 Å². The van der Waals surface area contributed by atoms with Gasteiger partial charge in [-0.3, -0.25) is 10.1 Å². The van der Waals surface area contributed by atoms with Gasteiger partial charge in [0.25, 0.3) is 5.69 Å².